The number of piperazine rings is 1. The van der Waals surface area contributed by atoms with Crippen LogP contribution in [-0.4, -0.2) is 56.7 Å². The van der Waals surface area contributed by atoms with Crippen LogP contribution in [0.2, 0.25) is 0 Å². The number of nitrogens with zero attached hydrogens (tertiary/aromatic N) is 2. The van der Waals surface area contributed by atoms with E-state index in [2.05, 4.69) is 9.73 Å². The first kappa shape index (κ1) is 14.4. The van der Waals surface area contributed by atoms with Gasteiger partial charge in [-0.05, 0) is 24.7 Å². The molecule has 0 atom stereocenters. The maximum absolute atomic E-state index is 12.2. The summed E-state index contributed by atoms with van der Waals surface area (Å²) < 4.78 is 24.3. The van der Waals surface area contributed by atoms with E-state index in [1.807, 2.05) is 7.05 Å². The van der Waals surface area contributed by atoms with Crippen molar-refractivity contribution in [2.24, 2.45) is 0 Å². The van der Waals surface area contributed by atoms with E-state index in [0.29, 0.717) is 18.7 Å². The second-order valence-electron chi connectivity index (χ2n) is 4.69. The molecule has 1 aromatic rings. The lowest BCUT2D eigenvalue weighted by Crippen LogP contribution is -2.52. The van der Waals surface area contributed by atoms with Gasteiger partial charge in [0, 0.05) is 26.2 Å². The second kappa shape index (κ2) is 5.98. The number of sulfonamides is 1. The molecule has 6 nitrogen and oxygen atoms in total. The molecule has 1 aliphatic heterocycles. The molecule has 2 N–H and O–H groups in total. The van der Waals surface area contributed by atoms with Gasteiger partial charge in [0.15, 0.2) is 0 Å². The van der Waals surface area contributed by atoms with Crippen molar-refractivity contribution >= 4 is 10.0 Å². The normalized spacial score (nSPS) is 18.6. The standard InChI is InChI=1S/C12H19N3O3S/c1-14-6-8-15(9-7-14)13-19(17,18)12-4-2-11(10-16)3-5-12/h2-5,13,16H,6-10H2,1H3. The zero-order valence-corrected chi connectivity index (χ0v) is 11.7. The van der Waals surface area contributed by atoms with Gasteiger partial charge in [0.25, 0.3) is 10.0 Å². The van der Waals surface area contributed by atoms with Crippen LogP contribution in [0.25, 0.3) is 0 Å². The molecule has 1 saturated heterocycles. The molecule has 0 aromatic heterocycles. The Morgan fingerprint density at radius 1 is 1.16 bits per heavy atom. The van der Waals surface area contributed by atoms with Gasteiger partial charge in [0.2, 0.25) is 0 Å². The van der Waals surface area contributed by atoms with Gasteiger partial charge in [-0.3, -0.25) is 0 Å². The largest absolute Gasteiger partial charge is 0.392 e. The molecule has 1 fully saturated rings. The van der Waals surface area contributed by atoms with Crippen molar-refractivity contribution < 1.29 is 13.5 Å². The molecule has 0 saturated carbocycles. The van der Waals surface area contributed by atoms with Crippen LogP contribution < -0.4 is 4.83 Å². The summed E-state index contributed by atoms with van der Waals surface area (Å²) in [5.41, 5.74) is 0.693. The number of hydrogen-bond donors (Lipinski definition) is 2. The predicted molar refractivity (Wildman–Crippen MR) is 71.8 cm³/mol. The highest BCUT2D eigenvalue weighted by Crippen LogP contribution is 2.11. The number of benzene rings is 1. The van der Waals surface area contributed by atoms with Crippen molar-refractivity contribution in [3.8, 4) is 0 Å². The summed E-state index contributed by atoms with van der Waals surface area (Å²) >= 11 is 0. The molecule has 1 aromatic carbocycles. The Bertz CT molecular complexity index is 508. The van der Waals surface area contributed by atoms with E-state index in [4.69, 9.17) is 5.11 Å². The molecule has 0 spiro atoms. The van der Waals surface area contributed by atoms with E-state index >= 15 is 0 Å². The molecule has 0 bridgehead atoms. The van der Waals surface area contributed by atoms with E-state index in [1.54, 1.807) is 17.1 Å². The average Bonchev–Trinajstić information content (AvgIpc) is 2.41. The van der Waals surface area contributed by atoms with Gasteiger partial charge in [-0.15, -0.1) is 4.83 Å². The van der Waals surface area contributed by atoms with Gasteiger partial charge in [0.05, 0.1) is 11.5 Å². The predicted octanol–water partition coefficient (Wildman–Crippen LogP) is -0.380. The molecular formula is C12H19N3O3S. The van der Waals surface area contributed by atoms with Crippen molar-refractivity contribution in [1.82, 2.24) is 14.7 Å². The van der Waals surface area contributed by atoms with E-state index < -0.39 is 10.0 Å². The van der Waals surface area contributed by atoms with Crippen LogP contribution in [0.4, 0.5) is 0 Å². The van der Waals surface area contributed by atoms with Crippen LogP contribution in [-0.2, 0) is 16.6 Å². The summed E-state index contributed by atoms with van der Waals surface area (Å²) in [4.78, 5) is 4.95. The van der Waals surface area contributed by atoms with Crippen LogP contribution in [0.15, 0.2) is 29.2 Å². The summed E-state index contributed by atoms with van der Waals surface area (Å²) in [6.07, 6.45) is 0. The zero-order valence-electron chi connectivity index (χ0n) is 10.9. The summed E-state index contributed by atoms with van der Waals surface area (Å²) in [5, 5.41) is 10.7. The fourth-order valence-corrected chi connectivity index (χ4v) is 3.02. The fraction of sp³-hybridized carbons (Fsp3) is 0.500. The van der Waals surface area contributed by atoms with Gasteiger partial charge in [-0.1, -0.05) is 12.1 Å². The van der Waals surface area contributed by atoms with Gasteiger partial charge in [0.1, 0.15) is 0 Å². The molecule has 0 amide bonds. The molecule has 0 radical (unpaired) electrons. The Hall–Kier alpha value is -0.990. The van der Waals surface area contributed by atoms with Crippen LogP contribution in [0, 0.1) is 0 Å². The van der Waals surface area contributed by atoms with Crippen LogP contribution >= 0.6 is 0 Å². The molecule has 106 valence electrons. The van der Waals surface area contributed by atoms with E-state index in [1.165, 1.54) is 12.1 Å². The molecule has 7 heteroatoms. The highest BCUT2D eigenvalue weighted by Gasteiger charge is 2.21. The Kier molecular flexibility index (Phi) is 4.54. The van der Waals surface area contributed by atoms with Gasteiger partial charge >= 0.3 is 0 Å². The third-order valence-corrected chi connectivity index (χ3v) is 4.56. The number of hydrogen-bond acceptors (Lipinski definition) is 5. The minimum Gasteiger partial charge on any atom is -0.392 e. The molecule has 1 heterocycles. The summed E-state index contributed by atoms with van der Waals surface area (Å²) in [6.45, 7) is 2.93. The van der Waals surface area contributed by atoms with Crippen molar-refractivity contribution in [3.63, 3.8) is 0 Å². The lowest BCUT2D eigenvalue weighted by molar-refractivity contribution is 0.135. The first-order valence-corrected chi connectivity index (χ1v) is 7.65. The van der Waals surface area contributed by atoms with Crippen LogP contribution in [0.5, 0.6) is 0 Å². The smallest absolute Gasteiger partial charge is 0.253 e. The topological polar surface area (TPSA) is 72.9 Å². The molecule has 1 aliphatic rings. The van der Waals surface area contributed by atoms with Crippen LogP contribution in [0.3, 0.4) is 0 Å². The van der Waals surface area contributed by atoms with Crippen molar-refractivity contribution in [2.75, 3.05) is 33.2 Å². The minimum absolute atomic E-state index is 0.0911. The monoisotopic (exact) mass is 285 g/mol. The SMILES string of the molecule is CN1CCN(NS(=O)(=O)c2ccc(CO)cc2)CC1. The molecule has 19 heavy (non-hydrogen) atoms. The van der Waals surface area contributed by atoms with Gasteiger partial charge < -0.3 is 10.0 Å². The summed E-state index contributed by atoms with van der Waals surface area (Å²) in [6, 6.07) is 6.23. The quantitative estimate of drug-likeness (QED) is 0.789. The maximum atomic E-state index is 12.2. The van der Waals surface area contributed by atoms with Gasteiger partial charge in [-0.2, -0.15) is 0 Å². The maximum Gasteiger partial charge on any atom is 0.253 e. The zero-order chi connectivity index (χ0) is 13.9. The van der Waals surface area contributed by atoms with Crippen molar-refractivity contribution in [1.29, 1.82) is 0 Å². The lowest BCUT2D eigenvalue weighted by atomic mass is 10.2. The minimum atomic E-state index is -3.53. The Balaban J connectivity index is 2.05. The van der Waals surface area contributed by atoms with Crippen molar-refractivity contribution in [2.45, 2.75) is 11.5 Å². The van der Waals surface area contributed by atoms with E-state index in [9.17, 15) is 8.42 Å². The summed E-state index contributed by atoms with van der Waals surface area (Å²) in [5.74, 6) is 0. The number of nitrogens with one attached hydrogen (secondary N) is 1. The van der Waals surface area contributed by atoms with E-state index in [-0.39, 0.29) is 11.5 Å². The molecular weight excluding hydrogens is 266 g/mol. The lowest BCUT2D eigenvalue weighted by Gasteiger charge is -2.32. The molecule has 0 aliphatic carbocycles. The van der Waals surface area contributed by atoms with E-state index in [0.717, 1.165) is 13.1 Å². The average molecular weight is 285 g/mol. The number of aliphatic hydroxyl groups is 1. The summed E-state index contributed by atoms with van der Waals surface area (Å²) in [7, 11) is -1.51. The second-order valence-corrected chi connectivity index (χ2v) is 6.35. The number of rotatable bonds is 4. The number of hydrazine groups is 1. The van der Waals surface area contributed by atoms with Crippen LogP contribution in [0.1, 0.15) is 5.56 Å². The Morgan fingerprint density at radius 3 is 2.26 bits per heavy atom. The third kappa shape index (κ3) is 3.74. The molecule has 0 unspecified atom stereocenters. The Morgan fingerprint density at radius 2 is 1.74 bits per heavy atom. The number of likely N-dealkylation sites (N-methyl/N-ethyl adjacent to an activating group) is 1. The highest BCUT2D eigenvalue weighted by atomic mass is 32.2. The first-order chi connectivity index (χ1) is 9.01. The van der Waals surface area contributed by atoms with Crippen molar-refractivity contribution in [3.05, 3.63) is 29.8 Å². The number of aliphatic hydroxyl groups excluding tert-OH is 1. The third-order valence-electron chi connectivity index (χ3n) is 3.17. The Labute approximate surface area is 113 Å². The highest BCUT2D eigenvalue weighted by molar-refractivity contribution is 7.89. The first-order valence-electron chi connectivity index (χ1n) is 6.17. The molecule has 2 rings (SSSR count). The fourth-order valence-electron chi connectivity index (χ4n) is 1.89. The van der Waals surface area contributed by atoms with Gasteiger partial charge in [-0.25, -0.2) is 13.4 Å².